The Hall–Kier alpha value is -1.45. The van der Waals surface area contributed by atoms with Crippen LogP contribution in [0.2, 0.25) is 0 Å². The number of oxime groups is 1. The van der Waals surface area contributed by atoms with Crippen molar-refractivity contribution in [3.8, 4) is 0 Å². The van der Waals surface area contributed by atoms with Crippen LogP contribution in [0.3, 0.4) is 0 Å². The van der Waals surface area contributed by atoms with Crippen LogP contribution in [0.4, 0.5) is 8.78 Å². The van der Waals surface area contributed by atoms with Crippen LogP contribution in [-0.4, -0.2) is 6.21 Å². The van der Waals surface area contributed by atoms with E-state index in [4.69, 9.17) is 4.84 Å². The Bertz CT molecular complexity index is 380. The summed E-state index contributed by atoms with van der Waals surface area (Å²) in [5.74, 6) is -0.689. The molecular formula is C13H15F2NO. The van der Waals surface area contributed by atoms with Crippen LogP contribution in [0.1, 0.15) is 31.2 Å². The molecule has 17 heavy (non-hydrogen) atoms. The molecule has 1 aliphatic carbocycles. The molecule has 1 aromatic carbocycles. The summed E-state index contributed by atoms with van der Waals surface area (Å²) in [6.45, 7) is 0.0951. The van der Waals surface area contributed by atoms with Crippen molar-refractivity contribution in [1.82, 2.24) is 0 Å². The molecule has 0 radical (unpaired) electrons. The van der Waals surface area contributed by atoms with Crippen LogP contribution in [0, 0.1) is 17.6 Å². The van der Waals surface area contributed by atoms with Crippen molar-refractivity contribution < 1.29 is 13.6 Å². The Balaban J connectivity index is 1.81. The van der Waals surface area contributed by atoms with E-state index in [0.29, 0.717) is 11.5 Å². The van der Waals surface area contributed by atoms with Gasteiger partial charge in [0.05, 0.1) is 0 Å². The predicted molar refractivity (Wildman–Crippen MR) is 61.6 cm³/mol. The zero-order valence-electron chi connectivity index (χ0n) is 9.53. The number of hydrogen-bond acceptors (Lipinski definition) is 2. The van der Waals surface area contributed by atoms with E-state index in [1.54, 1.807) is 6.21 Å². The molecule has 0 saturated heterocycles. The summed E-state index contributed by atoms with van der Waals surface area (Å²) in [6, 6.07) is 3.33. The van der Waals surface area contributed by atoms with Gasteiger partial charge in [0.2, 0.25) is 0 Å². The van der Waals surface area contributed by atoms with Crippen LogP contribution in [0.5, 0.6) is 0 Å². The number of benzene rings is 1. The van der Waals surface area contributed by atoms with Gasteiger partial charge in [0.1, 0.15) is 18.2 Å². The van der Waals surface area contributed by atoms with Gasteiger partial charge >= 0.3 is 0 Å². The standard InChI is InChI=1S/C13H15F2NO/c14-12-5-11(6-13(15)7-12)9-17-16-8-10-3-1-2-4-10/h5-8,10H,1-4,9H2. The molecule has 0 aliphatic heterocycles. The van der Waals surface area contributed by atoms with Crippen molar-refractivity contribution in [2.45, 2.75) is 32.3 Å². The molecule has 1 aromatic rings. The van der Waals surface area contributed by atoms with E-state index in [2.05, 4.69) is 5.16 Å². The molecule has 1 fully saturated rings. The molecule has 4 heteroatoms. The summed E-state index contributed by atoms with van der Waals surface area (Å²) in [7, 11) is 0. The van der Waals surface area contributed by atoms with Gasteiger partial charge in [0.15, 0.2) is 0 Å². The Labute approximate surface area is 99.3 Å². The lowest BCUT2D eigenvalue weighted by molar-refractivity contribution is 0.130. The number of rotatable bonds is 4. The fourth-order valence-electron chi connectivity index (χ4n) is 2.04. The highest BCUT2D eigenvalue weighted by Crippen LogP contribution is 2.22. The van der Waals surface area contributed by atoms with Crippen molar-refractivity contribution in [2.75, 3.05) is 0 Å². The van der Waals surface area contributed by atoms with Gasteiger partial charge < -0.3 is 4.84 Å². The van der Waals surface area contributed by atoms with E-state index < -0.39 is 11.6 Å². The van der Waals surface area contributed by atoms with Crippen molar-refractivity contribution in [3.63, 3.8) is 0 Å². The minimum absolute atomic E-state index is 0.0951. The van der Waals surface area contributed by atoms with Crippen molar-refractivity contribution in [1.29, 1.82) is 0 Å². The van der Waals surface area contributed by atoms with E-state index in [0.717, 1.165) is 18.9 Å². The van der Waals surface area contributed by atoms with Crippen molar-refractivity contribution in [3.05, 3.63) is 35.4 Å². The smallest absolute Gasteiger partial charge is 0.142 e. The molecular weight excluding hydrogens is 224 g/mol. The summed E-state index contributed by atoms with van der Waals surface area (Å²) >= 11 is 0. The second kappa shape index (κ2) is 5.75. The second-order valence-corrected chi connectivity index (χ2v) is 4.35. The molecule has 0 heterocycles. The average Bonchev–Trinajstić information content (AvgIpc) is 2.76. The number of nitrogens with zero attached hydrogens (tertiary/aromatic N) is 1. The van der Waals surface area contributed by atoms with Crippen LogP contribution in [0.15, 0.2) is 23.4 Å². The Morgan fingerprint density at radius 1 is 1.18 bits per heavy atom. The average molecular weight is 239 g/mol. The van der Waals surface area contributed by atoms with Gasteiger partial charge in [0, 0.05) is 12.3 Å². The first-order valence-corrected chi connectivity index (χ1v) is 5.84. The van der Waals surface area contributed by atoms with Crippen LogP contribution in [-0.2, 0) is 11.4 Å². The van der Waals surface area contributed by atoms with Crippen molar-refractivity contribution >= 4 is 6.21 Å². The Morgan fingerprint density at radius 3 is 2.47 bits per heavy atom. The summed E-state index contributed by atoms with van der Waals surface area (Å²) in [6.07, 6.45) is 6.59. The molecule has 0 unspecified atom stereocenters. The first-order valence-electron chi connectivity index (χ1n) is 5.84. The highest BCUT2D eigenvalue weighted by Gasteiger charge is 2.12. The quantitative estimate of drug-likeness (QED) is 0.580. The molecule has 0 spiro atoms. The first-order chi connectivity index (χ1) is 8.24. The third-order valence-corrected chi connectivity index (χ3v) is 2.90. The van der Waals surface area contributed by atoms with Gasteiger partial charge in [-0.2, -0.15) is 0 Å². The predicted octanol–water partition coefficient (Wildman–Crippen LogP) is 3.66. The monoisotopic (exact) mass is 239 g/mol. The summed E-state index contributed by atoms with van der Waals surface area (Å²) in [5, 5.41) is 3.84. The largest absolute Gasteiger partial charge is 0.391 e. The van der Waals surface area contributed by atoms with E-state index >= 15 is 0 Å². The summed E-state index contributed by atoms with van der Waals surface area (Å²) in [5.41, 5.74) is 0.450. The Kier molecular flexibility index (Phi) is 4.07. The molecule has 0 bridgehead atoms. The van der Waals surface area contributed by atoms with Gasteiger partial charge in [0.25, 0.3) is 0 Å². The lowest BCUT2D eigenvalue weighted by Crippen LogP contribution is -1.96. The zero-order valence-corrected chi connectivity index (χ0v) is 9.53. The third-order valence-electron chi connectivity index (χ3n) is 2.90. The van der Waals surface area contributed by atoms with Gasteiger partial charge in [-0.25, -0.2) is 8.78 Å². The van der Waals surface area contributed by atoms with E-state index in [-0.39, 0.29) is 6.61 Å². The van der Waals surface area contributed by atoms with Crippen LogP contribution < -0.4 is 0 Å². The highest BCUT2D eigenvalue weighted by atomic mass is 19.1. The highest BCUT2D eigenvalue weighted by molar-refractivity contribution is 5.60. The van der Waals surface area contributed by atoms with Crippen LogP contribution >= 0.6 is 0 Å². The van der Waals surface area contributed by atoms with Gasteiger partial charge in [-0.05, 0) is 36.5 Å². The lowest BCUT2D eigenvalue weighted by atomic mass is 10.1. The SMILES string of the molecule is Fc1cc(F)cc(CON=CC2CCCC2)c1. The van der Waals surface area contributed by atoms with Crippen LogP contribution in [0.25, 0.3) is 0 Å². The molecule has 1 aliphatic rings. The topological polar surface area (TPSA) is 21.6 Å². The molecule has 0 aromatic heterocycles. The zero-order chi connectivity index (χ0) is 12.1. The molecule has 2 nitrogen and oxygen atoms in total. The number of hydrogen-bond donors (Lipinski definition) is 0. The maximum absolute atomic E-state index is 12.8. The van der Waals surface area contributed by atoms with E-state index in [1.807, 2.05) is 0 Å². The third kappa shape index (κ3) is 3.80. The Morgan fingerprint density at radius 2 is 1.82 bits per heavy atom. The molecule has 92 valence electrons. The fraction of sp³-hybridized carbons (Fsp3) is 0.462. The minimum atomic E-state index is -0.594. The normalized spacial score (nSPS) is 16.8. The summed E-state index contributed by atoms with van der Waals surface area (Å²) < 4.78 is 25.7. The molecule has 0 amide bonds. The van der Waals surface area contributed by atoms with Crippen molar-refractivity contribution in [2.24, 2.45) is 11.1 Å². The molecule has 1 saturated carbocycles. The van der Waals surface area contributed by atoms with Gasteiger partial charge in [-0.15, -0.1) is 0 Å². The van der Waals surface area contributed by atoms with Gasteiger partial charge in [-0.1, -0.05) is 18.0 Å². The first kappa shape index (κ1) is 12.0. The van der Waals surface area contributed by atoms with E-state index in [1.165, 1.54) is 25.0 Å². The molecule has 2 rings (SSSR count). The number of halogens is 2. The summed E-state index contributed by atoms with van der Waals surface area (Å²) in [4.78, 5) is 5.03. The minimum Gasteiger partial charge on any atom is -0.391 e. The lowest BCUT2D eigenvalue weighted by Gasteiger charge is -2.02. The molecule has 0 N–H and O–H groups in total. The maximum Gasteiger partial charge on any atom is 0.142 e. The second-order valence-electron chi connectivity index (χ2n) is 4.35. The molecule has 0 atom stereocenters. The van der Waals surface area contributed by atoms with Gasteiger partial charge in [-0.3, -0.25) is 0 Å². The van der Waals surface area contributed by atoms with E-state index in [9.17, 15) is 8.78 Å². The maximum atomic E-state index is 12.8. The fourth-order valence-corrected chi connectivity index (χ4v) is 2.04.